The zero-order chi connectivity index (χ0) is 19.5. The molecule has 2 aromatic heterocycles. The number of hydrogen-bond acceptors (Lipinski definition) is 5. The number of aromatic nitrogens is 3. The molecule has 4 aromatic rings. The van der Waals surface area contributed by atoms with Crippen molar-refractivity contribution in [2.24, 2.45) is 0 Å². The summed E-state index contributed by atoms with van der Waals surface area (Å²) in [6.07, 6.45) is 0. The molecule has 0 radical (unpaired) electrons. The van der Waals surface area contributed by atoms with E-state index in [1.807, 2.05) is 36.4 Å². The molecule has 0 unspecified atom stereocenters. The minimum absolute atomic E-state index is 0.300. The predicted molar refractivity (Wildman–Crippen MR) is 108 cm³/mol. The number of nitrogens with zero attached hydrogens (tertiary/aromatic N) is 3. The van der Waals surface area contributed by atoms with E-state index in [1.54, 1.807) is 25.1 Å². The summed E-state index contributed by atoms with van der Waals surface area (Å²) in [5, 5.41) is 3.12. The van der Waals surface area contributed by atoms with E-state index in [4.69, 9.17) is 0 Å². The average Bonchev–Trinajstić information content (AvgIpc) is 3.17. The zero-order valence-electron chi connectivity index (χ0n) is 14.9. The van der Waals surface area contributed by atoms with Gasteiger partial charge in [0.2, 0.25) is 5.13 Å². The first-order valence-electron chi connectivity index (χ1n) is 8.54. The molecule has 0 spiro atoms. The van der Waals surface area contributed by atoms with E-state index in [0.29, 0.717) is 27.8 Å². The largest absolute Gasteiger partial charge is 0.297 e. The first-order valence-corrected chi connectivity index (χ1v) is 9.31. The smallest absolute Gasteiger partial charge is 0.259 e. The van der Waals surface area contributed by atoms with Gasteiger partial charge in [-0.2, -0.15) is 9.36 Å². The van der Waals surface area contributed by atoms with E-state index in [-0.39, 0.29) is 11.7 Å². The molecule has 4 rings (SSSR count). The Bertz CT molecular complexity index is 1130. The Morgan fingerprint density at radius 3 is 2.39 bits per heavy atom. The van der Waals surface area contributed by atoms with Gasteiger partial charge in [-0.05, 0) is 43.3 Å². The fraction of sp³-hybridized carbons (Fsp3) is 0.0476. The summed E-state index contributed by atoms with van der Waals surface area (Å²) in [6.45, 7) is 1.80. The topological polar surface area (TPSA) is 67.8 Å². The quantitative estimate of drug-likeness (QED) is 0.534. The van der Waals surface area contributed by atoms with E-state index in [9.17, 15) is 9.18 Å². The number of nitrogens with one attached hydrogen (secondary N) is 1. The standard InChI is InChI=1S/C21H15FN4OS/c1-13-17(11-12-18(23-13)14-5-3-2-4-6-14)20(27)25-21-24-19(26-28-21)15-7-9-16(22)10-8-15/h2-12H,1H3,(H,24,25,26,27). The molecule has 1 N–H and O–H groups in total. The third kappa shape index (κ3) is 3.79. The van der Waals surface area contributed by atoms with E-state index in [2.05, 4.69) is 19.7 Å². The van der Waals surface area contributed by atoms with Crippen LogP contribution in [0.25, 0.3) is 22.6 Å². The summed E-state index contributed by atoms with van der Waals surface area (Å²) >= 11 is 1.07. The number of anilines is 1. The fourth-order valence-corrected chi connectivity index (χ4v) is 3.31. The van der Waals surface area contributed by atoms with Crippen LogP contribution in [0.15, 0.2) is 66.7 Å². The second kappa shape index (κ2) is 7.66. The Labute approximate surface area is 165 Å². The molecule has 138 valence electrons. The molecular weight excluding hydrogens is 375 g/mol. The van der Waals surface area contributed by atoms with Gasteiger partial charge in [0.15, 0.2) is 5.82 Å². The lowest BCUT2D eigenvalue weighted by Gasteiger charge is -2.07. The van der Waals surface area contributed by atoms with Crippen molar-refractivity contribution in [1.82, 2.24) is 14.3 Å². The van der Waals surface area contributed by atoms with Gasteiger partial charge in [0, 0.05) is 22.7 Å². The number of amides is 1. The molecule has 0 saturated heterocycles. The van der Waals surface area contributed by atoms with Gasteiger partial charge in [-0.15, -0.1) is 0 Å². The van der Waals surface area contributed by atoms with Gasteiger partial charge in [0.05, 0.1) is 17.0 Å². The third-order valence-corrected chi connectivity index (χ3v) is 4.78. The molecule has 2 aromatic carbocycles. The second-order valence-corrected chi connectivity index (χ2v) is 6.83. The second-order valence-electron chi connectivity index (χ2n) is 6.08. The van der Waals surface area contributed by atoms with Gasteiger partial charge in [-0.1, -0.05) is 30.3 Å². The number of benzene rings is 2. The van der Waals surface area contributed by atoms with Crippen molar-refractivity contribution >= 4 is 22.6 Å². The molecule has 7 heteroatoms. The van der Waals surface area contributed by atoms with Gasteiger partial charge in [0.25, 0.3) is 5.91 Å². The van der Waals surface area contributed by atoms with Crippen molar-refractivity contribution < 1.29 is 9.18 Å². The highest BCUT2D eigenvalue weighted by Crippen LogP contribution is 2.23. The van der Waals surface area contributed by atoms with Crippen molar-refractivity contribution in [2.75, 3.05) is 5.32 Å². The first-order chi connectivity index (χ1) is 13.6. The molecule has 28 heavy (non-hydrogen) atoms. The maximum atomic E-state index is 13.0. The number of pyridine rings is 1. The summed E-state index contributed by atoms with van der Waals surface area (Å²) < 4.78 is 17.3. The van der Waals surface area contributed by atoms with Crippen molar-refractivity contribution in [3.63, 3.8) is 0 Å². The molecule has 1 amide bonds. The van der Waals surface area contributed by atoms with Gasteiger partial charge in [-0.25, -0.2) is 4.39 Å². The molecule has 0 aliphatic heterocycles. The van der Waals surface area contributed by atoms with Crippen molar-refractivity contribution in [3.05, 3.63) is 83.8 Å². The number of hydrogen-bond donors (Lipinski definition) is 1. The summed E-state index contributed by atoms with van der Waals surface area (Å²) in [7, 11) is 0. The number of rotatable bonds is 4. The molecule has 0 fully saturated rings. The normalized spacial score (nSPS) is 10.6. The maximum absolute atomic E-state index is 13.0. The lowest BCUT2D eigenvalue weighted by molar-refractivity contribution is 0.102. The van der Waals surface area contributed by atoms with Crippen molar-refractivity contribution in [3.8, 4) is 22.6 Å². The Morgan fingerprint density at radius 1 is 0.929 bits per heavy atom. The van der Waals surface area contributed by atoms with Crippen molar-refractivity contribution in [2.45, 2.75) is 6.92 Å². The minimum atomic E-state index is -0.325. The summed E-state index contributed by atoms with van der Waals surface area (Å²) in [6, 6.07) is 19.2. The van der Waals surface area contributed by atoms with Crippen LogP contribution in [0.5, 0.6) is 0 Å². The molecule has 0 aliphatic carbocycles. The number of aryl methyl sites for hydroxylation is 1. The van der Waals surface area contributed by atoms with Crippen LogP contribution in [0.1, 0.15) is 16.1 Å². The Hall–Kier alpha value is -3.45. The fourth-order valence-electron chi connectivity index (χ4n) is 2.73. The average molecular weight is 390 g/mol. The molecule has 0 aliphatic rings. The van der Waals surface area contributed by atoms with Gasteiger partial charge in [-0.3, -0.25) is 15.1 Å². The highest BCUT2D eigenvalue weighted by Gasteiger charge is 2.14. The molecular formula is C21H15FN4OS. The molecule has 0 saturated carbocycles. The SMILES string of the molecule is Cc1nc(-c2ccccc2)ccc1C(=O)Nc1nc(-c2ccc(F)cc2)ns1. The zero-order valence-corrected chi connectivity index (χ0v) is 15.7. The van der Waals surface area contributed by atoms with Crippen LogP contribution in [0.4, 0.5) is 9.52 Å². The lowest BCUT2D eigenvalue weighted by atomic mass is 10.1. The highest BCUT2D eigenvalue weighted by atomic mass is 32.1. The summed E-state index contributed by atoms with van der Waals surface area (Å²) in [5.41, 5.74) is 3.58. The number of carbonyl (C=O) groups is 1. The maximum Gasteiger partial charge on any atom is 0.259 e. The van der Waals surface area contributed by atoms with Crippen LogP contribution < -0.4 is 5.32 Å². The first kappa shape index (κ1) is 17.9. The van der Waals surface area contributed by atoms with Crippen LogP contribution in [0.2, 0.25) is 0 Å². The minimum Gasteiger partial charge on any atom is -0.297 e. The van der Waals surface area contributed by atoms with E-state index < -0.39 is 0 Å². The number of carbonyl (C=O) groups excluding carboxylic acids is 1. The van der Waals surface area contributed by atoms with E-state index in [1.165, 1.54) is 12.1 Å². The van der Waals surface area contributed by atoms with Crippen LogP contribution in [0.3, 0.4) is 0 Å². The van der Waals surface area contributed by atoms with Crippen LogP contribution in [0, 0.1) is 12.7 Å². The lowest BCUT2D eigenvalue weighted by Crippen LogP contribution is -2.14. The molecule has 0 bridgehead atoms. The summed E-state index contributed by atoms with van der Waals surface area (Å²) in [4.78, 5) is 21.5. The predicted octanol–water partition coefficient (Wildman–Crippen LogP) is 4.97. The molecule has 5 nitrogen and oxygen atoms in total. The van der Waals surface area contributed by atoms with Crippen LogP contribution >= 0.6 is 11.5 Å². The van der Waals surface area contributed by atoms with Crippen LogP contribution in [-0.4, -0.2) is 20.2 Å². The van der Waals surface area contributed by atoms with Gasteiger partial charge >= 0.3 is 0 Å². The van der Waals surface area contributed by atoms with E-state index >= 15 is 0 Å². The molecule has 2 heterocycles. The highest BCUT2D eigenvalue weighted by molar-refractivity contribution is 7.10. The third-order valence-electron chi connectivity index (χ3n) is 4.15. The Kier molecular flexibility index (Phi) is 4.90. The Balaban J connectivity index is 1.52. The van der Waals surface area contributed by atoms with E-state index in [0.717, 1.165) is 22.8 Å². The summed E-state index contributed by atoms with van der Waals surface area (Å²) in [5.74, 6) is -0.185. The van der Waals surface area contributed by atoms with Gasteiger partial charge in [0.1, 0.15) is 5.82 Å². The Morgan fingerprint density at radius 2 is 1.68 bits per heavy atom. The monoisotopic (exact) mass is 390 g/mol. The number of halogens is 1. The molecule has 0 atom stereocenters. The van der Waals surface area contributed by atoms with Gasteiger partial charge < -0.3 is 0 Å². The van der Waals surface area contributed by atoms with Crippen molar-refractivity contribution in [1.29, 1.82) is 0 Å². The van der Waals surface area contributed by atoms with Crippen LogP contribution in [-0.2, 0) is 0 Å².